The van der Waals surface area contributed by atoms with Gasteiger partial charge in [0.05, 0.1) is 51.4 Å². The van der Waals surface area contributed by atoms with Gasteiger partial charge < -0.3 is 20.5 Å². The van der Waals surface area contributed by atoms with E-state index < -0.39 is 5.97 Å². The Balaban J connectivity index is 1.54. The Hall–Kier alpha value is -3.21. The maximum atomic E-state index is 12.5. The molecule has 4 rings (SSSR count). The SMILES string of the molecule is COC(=O)c1csc2c(-c3cc(Cl)ccc3OCCNC(=O)c3c(N)cncc3Br)ccnc12. The van der Waals surface area contributed by atoms with Crippen molar-refractivity contribution in [1.29, 1.82) is 0 Å². The number of nitrogens with two attached hydrogens (primary N) is 1. The van der Waals surface area contributed by atoms with E-state index in [4.69, 9.17) is 26.8 Å². The number of rotatable bonds is 7. The molecule has 3 N–H and O–H groups in total. The van der Waals surface area contributed by atoms with Gasteiger partial charge in [0.2, 0.25) is 0 Å². The van der Waals surface area contributed by atoms with Gasteiger partial charge in [-0.2, -0.15) is 0 Å². The van der Waals surface area contributed by atoms with Crippen molar-refractivity contribution in [1.82, 2.24) is 15.3 Å². The van der Waals surface area contributed by atoms with Crippen molar-refractivity contribution in [2.75, 3.05) is 26.0 Å². The first-order valence-corrected chi connectivity index (χ1v) is 12.0. The number of hydrogen-bond acceptors (Lipinski definition) is 8. The minimum atomic E-state index is -0.448. The molecule has 3 aromatic heterocycles. The summed E-state index contributed by atoms with van der Waals surface area (Å²) >= 11 is 11.0. The molecule has 0 spiro atoms. The number of nitrogen functional groups attached to an aromatic ring is 1. The molecular formula is C23H18BrClN4O4S. The highest BCUT2D eigenvalue weighted by atomic mass is 79.9. The third-order valence-corrected chi connectivity index (χ3v) is 6.73. The van der Waals surface area contributed by atoms with E-state index in [2.05, 4.69) is 31.2 Å². The molecule has 0 bridgehead atoms. The molecular weight excluding hydrogens is 544 g/mol. The number of anilines is 1. The standard InChI is InChI=1S/C23H18BrClN4O4S/c1-32-23(31)15-11-34-21-13(4-5-28-20(15)21)14-8-12(25)2-3-18(14)33-7-6-29-22(30)19-16(24)9-27-10-17(19)26/h2-5,8-11H,6-7,26H2,1H3,(H,29,30). The monoisotopic (exact) mass is 560 g/mol. The van der Waals surface area contributed by atoms with Crippen molar-refractivity contribution in [3.8, 4) is 16.9 Å². The van der Waals surface area contributed by atoms with Crippen LogP contribution in [0.3, 0.4) is 0 Å². The van der Waals surface area contributed by atoms with Crippen LogP contribution in [0, 0.1) is 0 Å². The van der Waals surface area contributed by atoms with Gasteiger partial charge in [-0.05, 0) is 40.2 Å². The van der Waals surface area contributed by atoms with E-state index in [1.165, 1.54) is 30.8 Å². The summed E-state index contributed by atoms with van der Waals surface area (Å²) in [6.45, 7) is 0.446. The largest absolute Gasteiger partial charge is 0.491 e. The van der Waals surface area contributed by atoms with Crippen molar-refractivity contribution in [2.45, 2.75) is 0 Å². The molecule has 0 unspecified atom stereocenters. The number of ether oxygens (including phenoxy) is 2. The van der Waals surface area contributed by atoms with Gasteiger partial charge in [0.1, 0.15) is 12.4 Å². The molecule has 0 aliphatic carbocycles. The summed E-state index contributed by atoms with van der Waals surface area (Å²) in [7, 11) is 1.33. The number of benzene rings is 1. The Kier molecular flexibility index (Phi) is 7.30. The Morgan fingerprint density at radius 3 is 2.82 bits per heavy atom. The number of methoxy groups -OCH3 is 1. The molecule has 0 radical (unpaired) electrons. The van der Waals surface area contributed by atoms with Crippen LogP contribution in [0.25, 0.3) is 21.3 Å². The van der Waals surface area contributed by atoms with E-state index >= 15 is 0 Å². The van der Waals surface area contributed by atoms with Gasteiger partial charge in [0.15, 0.2) is 0 Å². The molecule has 0 fully saturated rings. The van der Waals surface area contributed by atoms with E-state index in [-0.39, 0.29) is 24.7 Å². The molecule has 11 heteroatoms. The summed E-state index contributed by atoms with van der Waals surface area (Å²) in [5.41, 5.74) is 8.97. The first kappa shape index (κ1) is 23.9. The molecule has 0 aliphatic rings. The molecule has 8 nitrogen and oxygen atoms in total. The fraction of sp³-hybridized carbons (Fsp3) is 0.130. The number of nitrogens with zero attached hydrogens (tertiary/aromatic N) is 2. The fourth-order valence-electron chi connectivity index (χ4n) is 3.34. The Labute approximate surface area is 212 Å². The Morgan fingerprint density at radius 2 is 2.06 bits per heavy atom. The lowest BCUT2D eigenvalue weighted by molar-refractivity contribution is 0.0603. The number of thiophene rings is 1. The van der Waals surface area contributed by atoms with Crippen LogP contribution in [0.5, 0.6) is 5.75 Å². The number of amides is 1. The van der Waals surface area contributed by atoms with E-state index in [0.717, 1.165) is 15.8 Å². The fourth-order valence-corrected chi connectivity index (χ4v) is 5.06. The smallest absolute Gasteiger partial charge is 0.340 e. The molecule has 1 amide bonds. The predicted octanol–water partition coefficient (Wildman–Crippen LogP) is 4.95. The van der Waals surface area contributed by atoms with Crippen LogP contribution in [0.2, 0.25) is 5.02 Å². The summed E-state index contributed by atoms with van der Waals surface area (Å²) in [6, 6.07) is 7.11. The van der Waals surface area contributed by atoms with Crippen molar-refractivity contribution in [3.05, 3.63) is 68.9 Å². The van der Waals surface area contributed by atoms with E-state index in [1.54, 1.807) is 29.8 Å². The van der Waals surface area contributed by atoms with Gasteiger partial charge in [0.25, 0.3) is 5.91 Å². The second-order valence-corrected chi connectivity index (χ2v) is 9.18. The Morgan fingerprint density at radius 1 is 1.24 bits per heavy atom. The number of hydrogen-bond donors (Lipinski definition) is 2. The van der Waals surface area contributed by atoms with Crippen LogP contribution >= 0.6 is 38.9 Å². The van der Waals surface area contributed by atoms with Gasteiger partial charge in [-0.3, -0.25) is 14.8 Å². The highest BCUT2D eigenvalue weighted by Gasteiger charge is 2.19. The summed E-state index contributed by atoms with van der Waals surface area (Å²) < 4.78 is 12.2. The lowest BCUT2D eigenvalue weighted by Crippen LogP contribution is -2.29. The minimum absolute atomic E-state index is 0.203. The molecule has 174 valence electrons. The first-order valence-electron chi connectivity index (χ1n) is 9.95. The number of halogens is 2. The van der Waals surface area contributed by atoms with E-state index in [0.29, 0.717) is 31.9 Å². The van der Waals surface area contributed by atoms with Gasteiger partial charge in [0, 0.05) is 33.9 Å². The van der Waals surface area contributed by atoms with Crippen LogP contribution in [0.15, 0.2) is 52.7 Å². The van der Waals surface area contributed by atoms with Crippen molar-refractivity contribution < 1.29 is 19.1 Å². The quantitative estimate of drug-likeness (QED) is 0.242. The summed E-state index contributed by atoms with van der Waals surface area (Å²) in [4.78, 5) is 32.9. The second-order valence-electron chi connectivity index (χ2n) is 7.01. The zero-order valence-corrected chi connectivity index (χ0v) is 21.0. The van der Waals surface area contributed by atoms with Crippen LogP contribution in [-0.2, 0) is 4.74 Å². The lowest BCUT2D eigenvalue weighted by Gasteiger charge is -2.14. The minimum Gasteiger partial charge on any atom is -0.491 e. The summed E-state index contributed by atoms with van der Waals surface area (Å²) in [6.07, 6.45) is 4.55. The van der Waals surface area contributed by atoms with Crippen LogP contribution in [0.4, 0.5) is 5.69 Å². The Bertz CT molecular complexity index is 1370. The third kappa shape index (κ3) is 4.84. The maximum absolute atomic E-state index is 12.5. The van der Waals surface area contributed by atoms with Crippen molar-refractivity contribution >= 4 is 66.6 Å². The van der Waals surface area contributed by atoms with Crippen molar-refractivity contribution in [3.63, 3.8) is 0 Å². The average Bonchev–Trinajstić information content (AvgIpc) is 3.26. The summed E-state index contributed by atoms with van der Waals surface area (Å²) in [5, 5.41) is 5.04. The number of esters is 1. The number of fused-ring (bicyclic) bond motifs is 1. The number of carbonyl (C=O) groups is 2. The lowest BCUT2D eigenvalue weighted by atomic mass is 10.0. The van der Waals surface area contributed by atoms with Gasteiger partial charge >= 0.3 is 5.97 Å². The van der Waals surface area contributed by atoms with Crippen LogP contribution in [-0.4, -0.2) is 42.1 Å². The normalized spacial score (nSPS) is 10.8. The van der Waals surface area contributed by atoms with Gasteiger partial charge in [-0.15, -0.1) is 11.3 Å². The van der Waals surface area contributed by atoms with Crippen molar-refractivity contribution in [2.24, 2.45) is 0 Å². The second kappa shape index (κ2) is 10.4. The zero-order valence-electron chi connectivity index (χ0n) is 17.8. The highest BCUT2D eigenvalue weighted by Crippen LogP contribution is 2.39. The number of carbonyl (C=O) groups excluding carboxylic acids is 2. The van der Waals surface area contributed by atoms with E-state index in [9.17, 15) is 9.59 Å². The van der Waals surface area contributed by atoms with Crippen LogP contribution in [0.1, 0.15) is 20.7 Å². The summed E-state index contributed by atoms with van der Waals surface area (Å²) in [5.74, 6) is -0.212. The average molecular weight is 562 g/mol. The predicted molar refractivity (Wildman–Crippen MR) is 136 cm³/mol. The zero-order chi connectivity index (χ0) is 24.2. The molecule has 4 aromatic rings. The number of nitrogens with one attached hydrogen (secondary N) is 1. The molecule has 34 heavy (non-hydrogen) atoms. The molecule has 3 heterocycles. The first-order chi connectivity index (χ1) is 16.4. The molecule has 0 atom stereocenters. The van der Waals surface area contributed by atoms with Crippen LogP contribution < -0.4 is 15.8 Å². The van der Waals surface area contributed by atoms with Gasteiger partial charge in [-0.1, -0.05) is 11.6 Å². The topological polar surface area (TPSA) is 116 Å². The third-order valence-electron chi connectivity index (χ3n) is 4.89. The van der Waals surface area contributed by atoms with Gasteiger partial charge in [-0.25, -0.2) is 4.79 Å². The number of pyridine rings is 2. The molecule has 0 saturated heterocycles. The highest BCUT2D eigenvalue weighted by molar-refractivity contribution is 9.10. The number of aromatic nitrogens is 2. The molecule has 0 aliphatic heterocycles. The van der Waals surface area contributed by atoms with E-state index in [1.807, 2.05) is 6.07 Å². The molecule has 0 saturated carbocycles. The maximum Gasteiger partial charge on any atom is 0.340 e. The molecule has 1 aromatic carbocycles.